The number of ether oxygens (including phenoxy) is 1. The summed E-state index contributed by atoms with van der Waals surface area (Å²) in [6.07, 6.45) is 0. The van der Waals surface area contributed by atoms with Gasteiger partial charge in [-0.1, -0.05) is 45.0 Å². The van der Waals surface area contributed by atoms with Crippen LogP contribution in [0.1, 0.15) is 37.9 Å². The maximum absolute atomic E-state index is 11.6. The summed E-state index contributed by atoms with van der Waals surface area (Å²) in [6, 6.07) is 7.37. The highest BCUT2D eigenvalue weighted by Crippen LogP contribution is 2.27. The molecule has 0 aromatic heterocycles. The van der Waals surface area contributed by atoms with Gasteiger partial charge in [-0.3, -0.25) is 9.69 Å². The standard InChI is InChI=1S/C16H23NO3/c1-16(2,3)13-6-4-12(5-7-13)14(15(18)19)17-8-10-20-11-9-17/h4-7,14H,8-11H2,1-3H3,(H,18,19)/t14-/m0/s1. The Morgan fingerprint density at radius 2 is 1.75 bits per heavy atom. The zero-order valence-electron chi connectivity index (χ0n) is 12.4. The van der Waals surface area contributed by atoms with Crippen LogP contribution in [0.4, 0.5) is 0 Å². The third-order valence-electron chi connectivity index (χ3n) is 3.74. The quantitative estimate of drug-likeness (QED) is 0.922. The molecule has 4 nitrogen and oxygen atoms in total. The first-order chi connectivity index (χ1) is 9.39. The predicted octanol–water partition coefficient (Wildman–Crippen LogP) is 2.44. The number of hydrogen-bond acceptors (Lipinski definition) is 3. The lowest BCUT2D eigenvalue weighted by molar-refractivity contribution is -0.145. The SMILES string of the molecule is CC(C)(C)c1ccc([C@@H](C(=O)O)N2CCOCC2)cc1. The monoisotopic (exact) mass is 277 g/mol. The molecule has 1 heterocycles. The topological polar surface area (TPSA) is 49.8 Å². The zero-order valence-corrected chi connectivity index (χ0v) is 12.4. The van der Waals surface area contributed by atoms with Gasteiger partial charge in [0.1, 0.15) is 6.04 Å². The lowest BCUT2D eigenvalue weighted by Crippen LogP contribution is -2.42. The van der Waals surface area contributed by atoms with Gasteiger partial charge in [0.25, 0.3) is 0 Å². The van der Waals surface area contributed by atoms with Gasteiger partial charge in [0.2, 0.25) is 0 Å². The molecule has 2 rings (SSSR count). The summed E-state index contributed by atoms with van der Waals surface area (Å²) in [4.78, 5) is 13.6. The van der Waals surface area contributed by atoms with Crippen molar-refractivity contribution in [3.05, 3.63) is 35.4 Å². The summed E-state index contributed by atoms with van der Waals surface area (Å²) in [5.74, 6) is -0.796. The third kappa shape index (κ3) is 3.38. The minimum atomic E-state index is -0.796. The molecule has 1 N–H and O–H groups in total. The summed E-state index contributed by atoms with van der Waals surface area (Å²) in [6.45, 7) is 8.99. The molecule has 110 valence electrons. The number of hydrogen-bond donors (Lipinski definition) is 1. The predicted molar refractivity (Wildman–Crippen MR) is 77.9 cm³/mol. The van der Waals surface area contributed by atoms with Gasteiger partial charge in [-0.2, -0.15) is 0 Å². The fourth-order valence-electron chi connectivity index (χ4n) is 2.51. The van der Waals surface area contributed by atoms with Gasteiger partial charge < -0.3 is 9.84 Å². The average Bonchev–Trinajstić information content (AvgIpc) is 2.39. The van der Waals surface area contributed by atoms with Gasteiger partial charge >= 0.3 is 5.97 Å². The van der Waals surface area contributed by atoms with Crippen LogP contribution in [-0.4, -0.2) is 42.3 Å². The van der Waals surface area contributed by atoms with Crippen LogP contribution in [0.2, 0.25) is 0 Å². The van der Waals surface area contributed by atoms with E-state index >= 15 is 0 Å². The Hall–Kier alpha value is -1.39. The number of nitrogens with zero attached hydrogens (tertiary/aromatic N) is 1. The third-order valence-corrected chi connectivity index (χ3v) is 3.74. The Balaban J connectivity index is 2.23. The van der Waals surface area contributed by atoms with E-state index in [1.165, 1.54) is 5.56 Å². The minimum absolute atomic E-state index is 0.0796. The van der Waals surface area contributed by atoms with Crippen LogP contribution in [0.5, 0.6) is 0 Å². The summed E-state index contributed by atoms with van der Waals surface area (Å²) in [7, 11) is 0. The molecule has 1 fully saturated rings. The van der Waals surface area contributed by atoms with E-state index in [0.717, 1.165) is 5.56 Å². The molecule has 0 unspecified atom stereocenters. The van der Waals surface area contributed by atoms with Crippen LogP contribution in [-0.2, 0) is 14.9 Å². The molecular formula is C16H23NO3. The van der Waals surface area contributed by atoms with Crippen molar-refractivity contribution < 1.29 is 14.6 Å². The van der Waals surface area contributed by atoms with E-state index in [1.807, 2.05) is 29.2 Å². The first-order valence-corrected chi connectivity index (χ1v) is 7.04. The molecule has 0 spiro atoms. The fraction of sp³-hybridized carbons (Fsp3) is 0.562. The number of carbonyl (C=O) groups is 1. The first-order valence-electron chi connectivity index (χ1n) is 7.04. The van der Waals surface area contributed by atoms with Gasteiger partial charge in [0.15, 0.2) is 0 Å². The zero-order chi connectivity index (χ0) is 14.8. The van der Waals surface area contributed by atoms with E-state index < -0.39 is 12.0 Å². The van der Waals surface area contributed by atoms with Gasteiger partial charge in [-0.25, -0.2) is 0 Å². The highest BCUT2D eigenvalue weighted by Gasteiger charge is 2.29. The smallest absolute Gasteiger partial charge is 0.325 e. The second kappa shape index (κ2) is 5.94. The van der Waals surface area contributed by atoms with E-state index in [9.17, 15) is 9.90 Å². The largest absolute Gasteiger partial charge is 0.480 e. The molecule has 4 heteroatoms. The second-order valence-electron chi connectivity index (χ2n) is 6.26. The van der Waals surface area contributed by atoms with Crippen LogP contribution in [0.25, 0.3) is 0 Å². The van der Waals surface area contributed by atoms with Crippen molar-refractivity contribution in [3.8, 4) is 0 Å². The molecule has 0 bridgehead atoms. The van der Waals surface area contributed by atoms with Crippen LogP contribution in [0, 0.1) is 0 Å². The molecular weight excluding hydrogens is 254 g/mol. The van der Waals surface area contributed by atoms with E-state index in [-0.39, 0.29) is 5.41 Å². The molecule has 0 amide bonds. The van der Waals surface area contributed by atoms with Crippen molar-refractivity contribution in [1.29, 1.82) is 0 Å². The summed E-state index contributed by atoms with van der Waals surface area (Å²) in [5.41, 5.74) is 2.13. The number of aliphatic carboxylic acids is 1. The Kier molecular flexibility index (Phi) is 4.45. The molecule has 1 aromatic rings. The summed E-state index contributed by atoms with van der Waals surface area (Å²) in [5, 5.41) is 9.53. The number of carboxylic acid groups (broad SMARTS) is 1. The molecule has 1 aromatic carbocycles. The number of carboxylic acids is 1. The van der Waals surface area contributed by atoms with Gasteiger partial charge in [-0.05, 0) is 16.5 Å². The lowest BCUT2D eigenvalue weighted by atomic mass is 9.86. The van der Waals surface area contributed by atoms with Crippen LogP contribution >= 0.6 is 0 Å². The summed E-state index contributed by atoms with van der Waals surface area (Å²) < 4.78 is 5.29. The van der Waals surface area contributed by atoms with Crippen molar-refractivity contribution in [1.82, 2.24) is 4.90 Å². The van der Waals surface area contributed by atoms with Gasteiger partial charge in [0, 0.05) is 13.1 Å². The Bertz CT molecular complexity index is 456. The van der Waals surface area contributed by atoms with Crippen molar-refractivity contribution in [3.63, 3.8) is 0 Å². The molecule has 0 radical (unpaired) electrons. The molecule has 1 aliphatic heterocycles. The second-order valence-corrected chi connectivity index (χ2v) is 6.26. The number of rotatable bonds is 3. The van der Waals surface area contributed by atoms with E-state index in [4.69, 9.17) is 4.74 Å². The molecule has 1 aliphatic rings. The van der Waals surface area contributed by atoms with Gasteiger partial charge in [-0.15, -0.1) is 0 Å². The Labute approximate surface area is 120 Å². The highest BCUT2D eigenvalue weighted by atomic mass is 16.5. The fourth-order valence-corrected chi connectivity index (χ4v) is 2.51. The normalized spacial score (nSPS) is 18.8. The Morgan fingerprint density at radius 3 is 2.20 bits per heavy atom. The van der Waals surface area contributed by atoms with Crippen LogP contribution in [0.3, 0.4) is 0 Å². The van der Waals surface area contributed by atoms with E-state index in [2.05, 4.69) is 20.8 Å². The molecule has 1 atom stereocenters. The molecule has 0 saturated carbocycles. The van der Waals surface area contributed by atoms with Crippen molar-refractivity contribution in [2.24, 2.45) is 0 Å². The number of benzene rings is 1. The lowest BCUT2D eigenvalue weighted by Gasteiger charge is -2.32. The summed E-state index contributed by atoms with van der Waals surface area (Å²) >= 11 is 0. The molecule has 20 heavy (non-hydrogen) atoms. The molecule has 0 aliphatic carbocycles. The van der Waals surface area contributed by atoms with Crippen molar-refractivity contribution in [2.75, 3.05) is 26.3 Å². The Morgan fingerprint density at radius 1 is 1.20 bits per heavy atom. The van der Waals surface area contributed by atoms with E-state index in [0.29, 0.717) is 26.3 Å². The van der Waals surface area contributed by atoms with Crippen molar-refractivity contribution >= 4 is 5.97 Å². The maximum Gasteiger partial charge on any atom is 0.325 e. The number of morpholine rings is 1. The minimum Gasteiger partial charge on any atom is -0.480 e. The van der Waals surface area contributed by atoms with Crippen molar-refractivity contribution in [2.45, 2.75) is 32.2 Å². The van der Waals surface area contributed by atoms with Crippen LogP contribution < -0.4 is 0 Å². The average molecular weight is 277 g/mol. The van der Waals surface area contributed by atoms with Crippen LogP contribution in [0.15, 0.2) is 24.3 Å². The molecule has 1 saturated heterocycles. The highest BCUT2D eigenvalue weighted by molar-refractivity contribution is 5.75. The van der Waals surface area contributed by atoms with E-state index in [1.54, 1.807) is 0 Å². The van der Waals surface area contributed by atoms with Gasteiger partial charge in [0.05, 0.1) is 13.2 Å². The first kappa shape index (κ1) is 15.0. The maximum atomic E-state index is 11.6.